The van der Waals surface area contributed by atoms with Gasteiger partial charge in [0.25, 0.3) is 5.91 Å². The topological polar surface area (TPSA) is 58.4 Å². The van der Waals surface area contributed by atoms with Crippen LogP contribution in [0.2, 0.25) is 0 Å². The van der Waals surface area contributed by atoms with Crippen molar-refractivity contribution in [3.8, 4) is 0 Å². The summed E-state index contributed by atoms with van der Waals surface area (Å²) in [5.41, 5.74) is 1.41. The van der Waals surface area contributed by atoms with Gasteiger partial charge in [-0.15, -0.1) is 0 Å². The lowest BCUT2D eigenvalue weighted by molar-refractivity contribution is 0.0925. The second-order valence-electron chi connectivity index (χ2n) is 7.10. The average Bonchev–Trinajstić information content (AvgIpc) is 3.23. The molecule has 1 saturated heterocycles. The molecule has 1 saturated carbocycles. The lowest BCUT2D eigenvalue weighted by Gasteiger charge is -2.19. The van der Waals surface area contributed by atoms with Gasteiger partial charge in [0.05, 0.1) is 5.69 Å². The Morgan fingerprint density at radius 2 is 2.21 bits per heavy atom. The number of thioether (sulfide) groups is 1. The fourth-order valence-corrected chi connectivity index (χ4v) is 4.29. The van der Waals surface area contributed by atoms with E-state index < -0.39 is 0 Å². The molecule has 0 unspecified atom stereocenters. The molecule has 6 heteroatoms. The van der Waals surface area contributed by atoms with Gasteiger partial charge < -0.3 is 14.7 Å². The van der Waals surface area contributed by atoms with Crippen molar-refractivity contribution in [2.75, 3.05) is 31.6 Å². The number of aromatic nitrogens is 1. The Bertz CT molecular complexity index is 571. The van der Waals surface area contributed by atoms with E-state index in [1.807, 2.05) is 25.6 Å². The number of hydrogen-bond acceptors (Lipinski definition) is 5. The first-order valence-electron chi connectivity index (χ1n) is 9.11. The standard InChI is InChI=1S/C18H29N3O2S/c1-4-15-17(12(2)23-20-15)18(22)19-16-11-21(8-5-9-24-3)10-14(16)13-6-7-13/h13-14,16H,4-11H2,1-3H3,(H,19,22)/t14-,16+/m1/s1. The molecule has 24 heavy (non-hydrogen) atoms. The molecule has 1 aliphatic carbocycles. The van der Waals surface area contributed by atoms with E-state index in [2.05, 4.69) is 21.6 Å². The lowest BCUT2D eigenvalue weighted by Crippen LogP contribution is -2.41. The van der Waals surface area contributed by atoms with Crippen LogP contribution in [0.15, 0.2) is 4.52 Å². The van der Waals surface area contributed by atoms with Crippen LogP contribution >= 0.6 is 11.8 Å². The number of rotatable bonds is 8. The van der Waals surface area contributed by atoms with Crippen LogP contribution in [-0.2, 0) is 6.42 Å². The largest absolute Gasteiger partial charge is 0.361 e. The fourth-order valence-electron chi connectivity index (χ4n) is 3.87. The first-order valence-corrected chi connectivity index (χ1v) is 10.5. The highest BCUT2D eigenvalue weighted by Crippen LogP contribution is 2.41. The fraction of sp³-hybridized carbons (Fsp3) is 0.778. The molecular weight excluding hydrogens is 322 g/mol. The minimum atomic E-state index is -0.00721. The third-order valence-corrected chi connectivity index (χ3v) is 6.00. The highest BCUT2D eigenvalue weighted by molar-refractivity contribution is 7.98. The molecule has 1 aromatic rings. The maximum Gasteiger partial charge on any atom is 0.257 e. The van der Waals surface area contributed by atoms with Crippen LogP contribution in [0, 0.1) is 18.8 Å². The van der Waals surface area contributed by atoms with E-state index in [1.54, 1.807) is 0 Å². The maximum atomic E-state index is 12.8. The van der Waals surface area contributed by atoms with Crippen molar-refractivity contribution in [2.45, 2.75) is 45.6 Å². The Hall–Kier alpha value is -1.01. The van der Waals surface area contributed by atoms with Gasteiger partial charge in [-0.05, 0) is 63.0 Å². The Kier molecular flexibility index (Phi) is 5.87. The monoisotopic (exact) mass is 351 g/mol. The predicted molar refractivity (Wildman–Crippen MR) is 97.5 cm³/mol. The molecule has 0 aromatic carbocycles. The van der Waals surface area contributed by atoms with E-state index in [9.17, 15) is 4.79 Å². The summed E-state index contributed by atoms with van der Waals surface area (Å²) in [6.07, 6.45) is 6.75. The Balaban J connectivity index is 1.63. The lowest BCUT2D eigenvalue weighted by atomic mass is 9.97. The van der Waals surface area contributed by atoms with Gasteiger partial charge in [0.1, 0.15) is 11.3 Å². The van der Waals surface area contributed by atoms with Crippen LogP contribution in [0.3, 0.4) is 0 Å². The third kappa shape index (κ3) is 3.97. The number of hydrogen-bond donors (Lipinski definition) is 1. The van der Waals surface area contributed by atoms with E-state index in [0.717, 1.165) is 37.7 Å². The minimum absolute atomic E-state index is 0.00721. The molecule has 2 atom stereocenters. The van der Waals surface area contributed by atoms with Crippen molar-refractivity contribution < 1.29 is 9.32 Å². The first-order chi connectivity index (χ1) is 11.6. The van der Waals surface area contributed by atoms with Crippen LogP contribution in [-0.4, -0.2) is 53.6 Å². The molecule has 1 aliphatic heterocycles. The van der Waals surface area contributed by atoms with Crippen molar-refractivity contribution in [2.24, 2.45) is 11.8 Å². The summed E-state index contributed by atoms with van der Waals surface area (Å²) in [5, 5.41) is 7.32. The van der Waals surface area contributed by atoms with Crippen LogP contribution in [0.4, 0.5) is 0 Å². The SMILES string of the molecule is CCc1noc(C)c1C(=O)N[C@H]1CN(CCCSC)C[C@@H]1C1CC1. The Labute approximate surface area is 148 Å². The maximum absolute atomic E-state index is 12.8. The van der Waals surface area contributed by atoms with Crippen LogP contribution in [0.25, 0.3) is 0 Å². The van der Waals surface area contributed by atoms with Gasteiger partial charge in [0.15, 0.2) is 0 Å². The van der Waals surface area contributed by atoms with E-state index in [4.69, 9.17) is 4.52 Å². The molecule has 0 bridgehead atoms. The van der Waals surface area contributed by atoms with Gasteiger partial charge in [0.2, 0.25) is 0 Å². The zero-order chi connectivity index (χ0) is 17.1. The molecule has 2 fully saturated rings. The number of amides is 1. The van der Waals surface area contributed by atoms with Gasteiger partial charge in [-0.1, -0.05) is 12.1 Å². The summed E-state index contributed by atoms with van der Waals surface area (Å²) in [6.45, 7) is 7.08. The molecule has 5 nitrogen and oxygen atoms in total. The van der Waals surface area contributed by atoms with Gasteiger partial charge in [0, 0.05) is 19.1 Å². The molecule has 134 valence electrons. The third-order valence-electron chi connectivity index (χ3n) is 5.30. The summed E-state index contributed by atoms with van der Waals surface area (Å²) in [4.78, 5) is 15.3. The highest BCUT2D eigenvalue weighted by Gasteiger charge is 2.43. The summed E-state index contributed by atoms with van der Waals surface area (Å²) < 4.78 is 5.22. The van der Waals surface area contributed by atoms with Gasteiger partial charge in [-0.2, -0.15) is 11.8 Å². The van der Waals surface area contributed by atoms with Gasteiger partial charge in [-0.25, -0.2) is 0 Å². The first kappa shape index (κ1) is 17.8. The average molecular weight is 352 g/mol. The summed E-state index contributed by atoms with van der Waals surface area (Å²) in [7, 11) is 0. The number of carbonyl (C=O) groups is 1. The molecule has 2 heterocycles. The number of aryl methyl sites for hydroxylation is 2. The summed E-state index contributed by atoms with van der Waals surface area (Å²) in [6, 6.07) is 0.262. The molecule has 1 N–H and O–H groups in total. The molecule has 1 amide bonds. The van der Waals surface area contributed by atoms with Crippen molar-refractivity contribution >= 4 is 17.7 Å². The normalized spacial score (nSPS) is 24.5. The van der Waals surface area contributed by atoms with Gasteiger partial charge >= 0.3 is 0 Å². The summed E-state index contributed by atoms with van der Waals surface area (Å²) in [5.74, 6) is 3.24. The minimum Gasteiger partial charge on any atom is -0.361 e. The Morgan fingerprint density at radius 1 is 1.42 bits per heavy atom. The number of nitrogens with zero attached hydrogens (tertiary/aromatic N) is 2. The molecular formula is C18H29N3O2S. The van der Waals surface area contributed by atoms with E-state index in [1.165, 1.54) is 25.0 Å². The molecule has 1 aromatic heterocycles. The van der Waals surface area contributed by atoms with Crippen molar-refractivity contribution in [1.29, 1.82) is 0 Å². The molecule has 2 aliphatic rings. The van der Waals surface area contributed by atoms with Crippen LogP contribution in [0.5, 0.6) is 0 Å². The quantitative estimate of drug-likeness (QED) is 0.730. The van der Waals surface area contributed by atoms with Gasteiger partial charge in [-0.3, -0.25) is 4.79 Å². The van der Waals surface area contributed by atoms with Crippen molar-refractivity contribution in [1.82, 2.24) is 15.4 Å². The second kappa shape index (κ2) is 7.91. The van der Waals surface area contributed by atoms with Crippen molar-refractivity contribution in [3.05, 3.63) is 17.0 Å². The van der Waals surface area contributed by atoms with E-state index >= 15 is 0 Å². The summed E-state index contributed by atoms with van der Waals surface area (Å²) >= 11 is 1.91. The molecule has 0 spiro atoms. The van der Waals surface area contributed by atoms with Crippen LogP contribution in [0.1, 0.15) is 48.0 Å². The van der Waals surface area contributed by atoms with Crippen LogP contribution < -0.4 is 5.32 Å². The molecule has 3 rings (SSSR count). The zero-order valence-electron chi connectivity index (χ0n) is 15.0. The number of likely N-dealkylation sites (tertiary alicyclic amines) is 1. The smallest absolute Gasteiger partial charge is 0.257 e. The molecule has 0 radical (unpaired) electrons. The number of carbonyl (C=O) groups excluding carboxylic acids is 1. The zero-order valence-corrected chi connectivity index (χ0v) is 15.8. The number of nitrogens with one attached hydrogen (secondary N) is 1. The van der Waals surface area contributed by atoms with Crippen molar-refractivity contribution in [3.63, 3.8) is 0 Å². The Morgan fingerprint density at radius 3 is 2.88 bits per heavy atom. The second-order valence-corrected chi connectivity index (χ2v) is 8.09. The highest BCUT2D eigenvalue weighted by atomic mass is 32.2. The van der Waals surface area contributed by atoms with E-state index in [-0.39, 0.29) is 11.9 Å². The predicted octanol–water partition coefficient (Wildman–Crippen LogP) is 2.74. The van der Waals surface area contributed by atoms with E-state index in [0.29, 0.717) is 17.2 Å².